The molecule has 190 valence electrons. The Morgan fingerprint density at radius 2 is 1.39 bits per heavy atom. The fourth-order valence-corrected chi connectivity index (χ4v) is 5.94. The fourth-order valence-electron chi connectivity index (χ4n) is 4.00. The van der Waals surface area contributed by atoms with Gasteiger partial charge in [-0.3, -0.25) is 9.10 Å². The van der Waals surface area contributed by atoms with Gasteiger partial charge in [-0.2, -0.15) is 4.31 Å². The molecule has 11 heteroatoms. The van der Waals surface area contributed by atoms with Crippen molar-refractivity contribution >= 4 is 43.0 Å². The van der Waals surface area contributed by atoms with Crippen molar-refractivity contribution in [2.45, 2.75) is 4.90 Å². The molecule has 0 aromatic heterocycles. The van der Waals surface area contributed by atoms with Crippen molar-refractivity contribution in [3.8, 4) is 0 Å². The van der Waals surface area contributed by atoms with E-state index in [1.54, 1.807) is 18.2 Å². The van der Waals surface area contributed by atoms with Crippen LogP contribution in [0.3, 0.4) is 0 Å². The Balaban J connectivity index is 1.44. The lowest BCUT2D eigenvalue weighted by Crippen LogP contribution is -2.48. The van der Waals surface area contributed by atoms with Gasteiger partial charge in [0.05, 0.1) is 22.4 Å². The summed E-state index contributed by atoms with van der Waals surface area (Å²) < 4.78 is 52.7. The van der Waals surface area contributed by atoms with Crippen LogP contribution >= 0.6 is 0 Å². The number of sulfonamides is 2. The van der Waals surface area contributed by atoms with Gasteiger partial charge in [-0.25, -0.2) is 16.8 Å². The van der Waals surface area contributed by atoms with E-state index in [4.69, 9.17) is 0 Å². The molecule has 3 aromatic rings. The average Bonchev–Trinajstić information content (AvgIpc) is 2.88. The highest BCUT2D eigenvalue weighted by molar-refractivity contribution is 7.92. The summed E-state index contributed by atoms with van der Waals surface area (Å²) >= 11 is 0. The van der Waals surface area contributed by atoms with Crippen LogP contribution in [0.4, 0.5) is 17.1 Å². The minimum Gasteiger partial charge on any atom is -0.369 e. The smallest absolute Gasteiger partial charge is 0.257 e. The first-order valence-electron chi connectivity index (χ1n) is 11.3. The van der Waals surface area contributed by atoms with Gasteiger partial charge in [0, 0.05) is 44.6 Å². The number of para-hydroxylation sites is 2. The first kappa shape index (κ1) is 25.7. The van der Waals surface area contributed by atoms with E-state index in [2.05, 4.69) is 10.2 Å². The normalized spacial score (nSPS) is 14.9. The van der Waals surface area contributed by atoms with Gasteiger partial charge in [-0.1, -0.05) is 30.3 Å². The molecule has 0 atom stereocenters. The van der Waals surface area contributed by atoms with E-state index < -0.39 is 26.0 Å². The molecule has 1 N–H and O–H groups in total. The van der Waals surface area contributed by atoms with Crippen molar-refractivity contribution < 1.29 is 21.6 Å². The maximum Gasteiger partial charge on any atom is 0.257 e. The highest BCUT2D eigenvalue weighted by atomic mass is 32.2. The Hall–Kier alpha value is -3.41. The van der Waals surface area contributed by atoms with Crippen LogP contribution in [0.5, 0.6) is 0 Å². The highest BCUT2D eigenvalue weighted by Gasteiger charge is 2.28. The second kappa shape index (κ2) is 10.3. The van der Waals surface area contributed by atoms with Crippen LogP contribution in [0, 0.1) is 0 Å². The van der Waals surface area contributed by atoms with Crippen LogP contribution in [0.15, 0.2) is 83.8 Å². The molecule has 36 heavy (non-hydrogen) atoms. The number of hydrogen-bond acceptors (Lipinski definition) is 6. The number of piperazine rings is 1. The van der Waals surface area contributed by atoms with E-state index in [-0.39, 0.29) is 16.1 Å². The summed E-state index contributed by atoms with van der Waals surface area (Å²) in [5.41, 5.74) is 1.88. The summed E-state index contributed by atoms with van der Waals surface area (Å²) in [5.74, 6) is -0.506. The molecule has 0 saturated carbocycles. The molecule has 1 heterocycles. The van der Waals surface area contributed by atoms with Crippen molar-refractivity contribution in [2.24, 2.45) is 0 Å². The summed E-state index contributed by atoms with van der Waals surface area (Å²) in [6, 6.07) is 22.2. The van der Waals surface area contributed by atoms with E-state index >= 15 is 0 Å². The Kier molecular flexibility index (Phi) is 7.34. The molecule has 1 amide bonds. The maximum atomic E-state index is 13.2. The molecule has 0 spiro atoms. The monoisotopic (exact) mass is 528 g/mol. The standard InChI is InChI=1S/C25H28N4O5S2/c1-27(35(2,31)32)24-11-7-6-10-23(24)25(30)26-20-12-14-22(15-13-20)36(33,34)29-18-16-28(17-19-29)21-8-4-3-5-9-21/h3-15H,16-19H2,1-2H3,(H,26,30). The Morgan fingerprint density at radius 3 is 2.00 bits per heavy atom. The zero-order valence-corrected chi connectivity index (χ0v) is 21.7. The van der Waals surface area contributed by atoms with Crippen LogP contribution in [0.2, 0.25) is 0 Å². The Morgan fingerprint density at radius 1 is 0.806 bits per heavy atom. The molecule has 0 aliphatic carbocycles. The molecular weight excluding hydrogens is 500 g/mol. The van der Waals surface area contributed by atoms with Gasteiger partial charge >= 0.3 is 0 Å². The van der Waals surface area contributed by atoms with Crippen LogP contribution in [-0.2, 0) is 20.0 Å². The van der Waals surface area contributed by atoms with Gasteiger partial charge in [-0.15, -0.1) is 0 Å². The number of rotatable bonds is 7. The molecule has 1 aliphatic rings. The molecule has 0 unspecified atom stereocenters. The van der Waals surface area contributed by atoms with Crippen LogP contribution in [0.25, 0.3) is 0 Å². The Bertz CT molecular complexity index is 1440. The number of hydrogen-bond donors (Lipinski definition) is 1. The van der Waals surface area contributed by atoms with Gasteiger partial charge in [0.1, 0.15) is 0 Å². The molecular formula is C25H28N4O5S2. The zero-order valence-electron chi connectivity index (χ0n) is 20.0. The molecule has 3 aromatic carbocycles. The fraction of sp³-hybridized carbons (Fsp3) is 0.240. The number of amides is 1. The van der Waals surface area contributed by atoms with E-state index in [0.29, 0.717) is 31.9 Å². The number of nitrogens with zero attached hydrogens (tertiary/aromatic N) is 3. The number of carbonyl (C=O) groups is 1. The predicted molar refractivity (Wildman–Crippen MR) is 141 cm³/mol. The summed E-state index contributed by atoms with van der Waals surface area (Å²) in [7, 11) is -5.86. The SMILES string of the molecule is CN(c1ccccc1C(=O)Nc1ccc(S(=O)(=O)N2CCN(c3ccccc3)CC2)cc1)S(C)(=O)=O. The maximum absolute atomic E-state index is 13.2. The summed E-state index contributed by atoms with van der Waals surface area (Å²) in [4.78, 5) is 15.2. The number of carbonyl (C=O) groups excluding carboxylic acids is 1. The van der Waals surface area contributed by atoms with Gasteiger partial charge in [0.25, 0.3) is 5.91 Å². The summed E-state index contributed by atoms with van der Waals surface area (Å²) in [6.45, 7) is 1.94. The molecule has 4 rings (SSSR count). The van der Waals surface area contributed by atoms with E-state index in [1.807, 2.05) is 30.3 Å². The lowest BCUT2D eigenvalue weighted by atomic mass is 10.1. The largest absolute Gasteiger partial charge is 0.369 e. The first-order valence-corrected chi connectivity index (χ1v) is 14.6. The minimum absolute atomic E-state index is 0.144. The summed E-state index contributed by atoms with van der Waals surface area (Å²) in [6.07, 6.45) is 1.06. The van der Waals surface area contributed by atoms with Crippen molar-refractivity contribution in [1.29, 1.82) is 0 Å². The lowest BCUT2D eigenvalue weighted by molar-refractivity contribution is 0.102. The molecule has 0 radical (unpaired) electrons. The zero-order chi connectivity index (χ0) is 25.9. The molecule has 1 saturated heterocycles. The van der Waals surface area contributed by atoms with Gasteiger partial charge < -0.3 is 10.2 Å². The second-order valence-corrected chi connectivity index (χ2v) is 12.4. The lowest BCUT2D eigenvalue weighted by Gasteiger charge is -2.35. The third-order valence-corrected chi connectivity index (χ3v) is 9.20. The Labute approximate surface area is 212 Å². The van der Waals surface area contributed by atoms with E-state index in [0.717, 1.165) is 16.2 Å². The third-order valence-electron chi connectivity index (χ3n) is 6.10. The van der Waals surface area contributed by atoms with Crippen LogP contribution < -0.4 is 14.5 Å². The van der Waals surface area contributed by atoms with Crippen molar-refractivity contribution in [2.75, 3.05) is 54.0 Å². The van der Waals surface area contributed by atoms with Crippen molar-refractivity contribution in [3.63, 3.8) is 0 Å². The predicted octanol–water partition coefficient (Wildman–Crippen LogP) is 2.85. The number of nitrogens with one attached hydrogen (secondary N) is 1. The topological polar surface area (TPSA) is 107 Å². The van der Waals surface area contributed by atoms with Gasteiger partial charge in [0.2, 0.25) is 20.0 Å². The first-order chi connectivity index (χ1) is 17.1. The number of anilines is 3. The quantitative estimate of drug-likeness (QED) is 0.505. The van der Waals surface area contributed by atoms with E-state index in [9.17, 15) is 21.6 Å². The second-order valence-electron chi connectivity index (χ2n) is 8.45. The molecule has 0 bridgehead atoms. The molecule has 1 aliphatic heterocycles. The van der Waals surface area contributed by atoms with Crippen LogP contribution in [-0.4, -0.2) is 66.5 Å². The van der Waals surface area contributed by atoms with E-state index in [1.165, 1.54) is 41.7 Å². The van der Waals surface area contributed by atoms with Crippen molar-refractivity contribution in [1.82, 2.24) is 4.31 Å². The third kappa shape index (κ3) is 5.53. The van der Waals surface area contributed by atoms with Gasteiger partial charge in [-0.05, 0) is 48.5 Å². The number of benzene rings is 3. The van der Waals surface area contributed by atoms with Crippen LogP contribution in [0.1, 0.15) is 10.4 Å². The highest BCUT2D eigenvalue weighted by Crippen LogP contribution is 2.25. The average molecular weight is 529 g/mol. The van der Waals surface area contributed by atoms with Crippen molar-refractivity contribution in [3.05, 3.63) is 84.4 Å². The summed E-state index contributed by atoms with van der Waals surface area (Å²) in [5, 5.41) is 2.71. The molecule has 1 fully saturated rings. The van der Waals surface area contributed by atoms with Gasteiger partial charge in [0.15, 0.2) is 0 Å². The minimum atomic E-state index is -3.68. The molecule has 9 nitrogen and oxygen atoms in total.